The fourth-order valence-electron chi connectivity index (χ4n) is 1.91. The molecule has 1 aromatic heterocycles. The Labute approximate surface area is 102 Å². The minimum atomic E-state index is -0.842. The summed E-state index contributed by atoms with van der Waals surface area (Å²) in [7, 11) is 0. The molecule has 0 aliphatic carbocycles. The van der Waals surface area contributed by atoms with E-state index in [9.17, 15) is 14.7 Å². The van der Waals surface area contributed by atoms with Crippen LogP contribution in [0.4, 0.5) is 0 Å². The third kappa shape index (κ3) is 2.15. The van der Waals surface area contributed by atoms with E-state index in [0.29, 0.717) is 0 Å². The van der Waals surface area contributed by atoms with Gasteiger partial charge in [-0.1, -0.05) is 12.7 Å². The molecule has 1 saturated heterocycles. The van der Waals surface area contributed by atoms with Gasteiger partial charge in [0, 0.05) is 12.6 Å². The highest BCUT2D eigenvalue weighted by atomic mass is 16.5. The van der Waals surface area contributed by atoms with Crippen LogP contribution in [0.5, 0.6) is 0 Å². The summed E-state index contributed by atoms with van der Waals surface area (Å²) in [6, 6.07) is 0. The Morgan fingerprint density at radius 2 is 2.33 bits per heavy atom. The molecule has 2 heterocycles. The van der Waals surface area contributed by atoms with Crippen LogP contribution in [-0.4, -0.2) is 38.6 Å². The lowest BCUT2D eigenvalue weighted by Gasteiger charge is -2.14. The smallest absolute Gasteiger partial charge is 0.330 e. The molecule has 2 rings (SSSR count). The number of hydrogen-bond acceptors (Lipinski definition) is 5. The summed E-state index contributed by atoms with van der Waals surface area (Å²) in [5, 5.41) is 18.6. The number of aliphatic hydroxyl groups is 2. The lowest BCUT2D eigenvalue weighted by molar-refractivity contribution is -0.0459. The van der Waals surface area contributed by atoms with E-state index in [2.05, 4.69) is 11.6 Å². The number of aromatic nitrogens is 2. The molecule has 0 spiro atoms. The molecule has 18 heavy (non-hydrogen) atoms. The van der Waals surface area contributed by atoms with Crippen LogP contribution < -0.4 is 11.2 Å². The summed E-state index contributed by atoms with van der Waals surface area (Å²) in [5.41, 5.74) is -0.912. The van der Waals surface area contributed by atoms with Crippen molar-refractivity contribution in [3.05, 3.63) is 39.2 Å². The number of aromatic amines is 1. The van der Waals surface area contributed by atoms with Crippen molar-refractivity contribution in [3.63, 3.8) is 0 Å². The largest absolute Gasteiger partial charge is 0.394 e. The van der Waals surface area contributed by atoms with Crippen molar-refractivity contribution < 1.29 is 14.9 Å². The number of rotatable bonds is 3. The molecule has 0 radical (unpaired) electrons. The minimum Gasteiger partial charge on any atom is -0.394 e. The predicted octanol–water partition coefficient (Wildman–Crippen LogP) is -1.18. The van der Waals surface area contributed by atoms with Crippen LogP contribution >= 0.6 is 0 Å². The van der Waals surface area contributed by atoms with Crippen LogP contribution in [0.15, 0.2) is 22.4 Å². The Morgan fingerprint density at radius 3 is 2.89 bits per heavy atom. The molecule has 1 aliphatic rings. The standard InChI is InChI=1S/C11H14N2O5/c1-2-6-4-13(11(17)12-10(6)16)9-3-7(15)8(5-14)18-9/h2,4,7-9,14-15H,1,3,5H2,(H,12,16,17)/t7-,8+,9-/m1/s1. The number of nitrogens with zero attached hydrogens (tertiary/aromatic N) is 1. The molecule has 0 saturated carbocycles. The first-order valence-electron chi connectivity index (χ1n) is 5.49. The van der Waals surface area contributed by atoms with Crippen LogP contribution in [0, 0.1) is 0 Å². The molecular formula is C11H14N2O5. The van der Waals surface area contributed by atoms with Gasteiger partial charge in [0.15, 0.2) is 0 Å². The van der Waals surface area contributed by atoms with Crippen molar-refractivity contribution in [2.24, 2.45) is 0 Å². The van der Waals surface area contributed by atoms with Crippen LogP contribution in [0.25, 0.3) is 6.08 Å². The average Bonchev–Trinajstić information content (AvgIpc) is 2.70. The van der Waals surface area contributed by atoms with Gasteiger partial charge in [0.25, 0.3) is 5.56 Å². The first kappa shape index (κ1) is 12.7. The van der Waals surface area contributed by atoms with E-state index in [-0.39, 0.29) is 18.6 Å². The Kier molecular flexibility index (Phi) is 3.46. The third-order valence-electron chi connectivity index (χ3n) is 2.91. The van der Waals surface area contributed by atoms with Crippen molar-refractivity contribution >= 4 is 6.08 Å². The van der Waals surface area contributed by atoms with Gasteiger partial charge in [-0.05, 0) is 0 Å². The lowest BCUT2D eigenvalue weighted by atomic mass is 10.2. The number of hydrogen-bond donors (Lipinski definition) is 3. The summed E-state index contributed by atoms with van der Waals surface area (Å²) in [6.07, 6.45) is 0.551. The Hall–Kier alpha value is -1.70. The van der Waals surface area contributed by atoms with Crippen molar-refractivity contribution in [1.29, 1.82) is 0 Å². The predicted molar refractivity (Wildman–Crippen MR) is 63.0 cm³/mol. The molecule has 0 bridgehead atoms. The van der Waals surface area contributed by atoms with Crippen LogP contribution in [0.3, 0.4) is 0 Å². The fraction of sp³-hybridized carbons (Fsp3) is 0.455. The summed E-state index contributed by atoms with van der Waals surface area (Å²) < 4.78 is 6.51. The highest BCUT2D eigenvalue weighted by molar-refractivity contribution is 5.43. The first-order valence-corrected chi connectivity index (χ1v) is 5.49. The molecule has 1 fully saturated rings. The van der Waals surface area contributed by atoms with E-state index in [1.807, 2.05) is 0 Å². The summed E-state index contributed by atoms with van der Waals surface area (Å²) in [5.74, 6) is 0. The van der Waals surface area contributed by atoms with Gasteiger partial charge in [-0.3, -0.25) is 14.3 Å². The molecule has 0 amide bonds. The van der Waals surface area contributed by atoms with Crippen LogP contribution in [0.1, 0.15) is 18.2 Å². The summed E-state index contributed by atoms with van der Waals surface area (Å²) >= 11 is 0. The zero-order chi connectivity index (χ0) is 13.3. The summed E-state index contributed by atoms with van der Waals surface area (Å²) in [4.78, 5) is 25.1. The van der Waals surface area contributed by atoms with E-state index in [1.54, 1.807) is 0 Å². The molecular weight excluding hydrogens is 240 g/mol. The van der Waals surface area contributed by atoms with Gasteiger partial charge in [-0.15, -0.1) is 0 Å². The Morgan fingerprint density at radius 1 is 1.61 bits per heavy atom. The molecule has 1 aromatic rings. The topological polar surface area (TPSA) is 105 Å². The first-order chi connectivity index (χ1) is 8.56. The van der Waals surface area contributed by atoms with Gasteiger partial charge >= 0.3 is 5.69 Å². The second-order valence-electron chi connectivity index (χ2n) is 4.07. The Balaban J connectivity index is 2.38. The second-order valence-corrected chi connectivity index (χ2v) is 4.07. The van der Waals surface area contributed by atoms with Crippen molar-refractivity contribution in [3.8, 4) is 0 Å². The average molecular weight is 254 g/mol. The van der Waals surface area contributed by atoms with Gasteiger partial charge in [0.1, 0.15) is 12.3 Å². The molecule has 1 aliphatic heterocycles. The molecule has 98 valence electrons. The SMILES string of the molecule is C=Cc1cn([C@H]2C[C@@H](O)[C@H](CO)O2)c(=O)[nH]c1=O. The van der Waals surface area contributed by atoms with E-state index in [1.165, 1.54) is 16.8 Å². The van der Waals surface area contributed by atoms with Crippen molar-refractivity contribution in [2.45, 2.75) is 24.9 Å². The fourth-order valence-corrected chi connectivity index (χ4v) is 1.91. The normalized spacial score (nSPS) is 27.3. The van der Waals surface area contributed by atoms with Gasteiger partial charge in [0.05, 0.1) is 18.3 Å². The van der Waals surface area contributed by atoms with E-state index in [0.717, 1.165) is 0 Å². The molecule has 0 unspecified atom stereocenters. The zero-order valence-corrected chi connectivity index (χ0v) is 9.57. The minimum absolute atomic E-state index is 0.174. The lowest BCUT2D eigenvalue weighted by Crippen LogP contribution is -2.33. The molecule has 7 nitrogen and oxygen atoms in total. The monoisotopic (exact) mass is 254 g/mol. The van der Waals surface area contributed by atoms with Crippen molar-refractivity contribution in [1.82, 2.24) is 9.55 Å². The maximum absolute atomic E-state index is 11.6. The van der Waals surface area contributed by atoms with E-state index in [4.69, 9.17) is 9.84 Å². The van der Waals surface area contributed by atoms with Gasteiger partial charge in [0.2, 0.25) is 0 Å². The van der Waals surface area contributed by atoms with Gasteiger partial charge < -0.3 is 14.9 Å². The van der Waals surface area contributed by atoms with Crippen molar-refractivity contribution in [2.75, 3.05) is 6.61 Å². The third-order valence-corrected chi connectivity index (χ3v) is 2.91. The van der Waals surface area contributed by atoms with E-state index < -0.39 is 29.7 Å². The zero-order valence-electron chi connectivity index (χ0n) is 9.57. The molecule has 7 heteroatoms. The number of ether oxygens (including phenoxy) is 1. The second kappa shape index (κ2) is 4.89. The van der Waals surface area contributed by atoms with E-state index >= 15 is 0 Å². The quantitative estimate of drug-likeness (QED) is 0.630. The van der Waals surface area contributed by atoms with Crippen LogP contribution in [0.2, 0.25) is 0 Å². The highest BCUT2D eigenvalue weighted by Crippen LogP contribution is 2.27. The summed E-state index contributed by atoms with van der Waals surface area (Å²) in [6.45, 7) is 3.14. The molecule has 0 aromatic carbocycles. The maximum atomic E-state index is 11.6. The maximum Gasteiger partial charge on any atom is 0.330 e. The van der Waals surface area contributed by atoms with Crippen LogP contribution in [-0.2, 0) is 4.74 Å². The molecule has 3 atom stereocenters. The van der Waals surface area contributed by atoms with Gasteiger partial charge in [-0.25, -0.2) is 4.79 Å². The highest BCUT2D eigenvalue weighted by Gasteiger charge is 2.34. The number of H-pyrrole nitrogens is 1. The molecule has 3 N–H and O–H groups in total. The number of nitrogens with one attached hydrogen (secondary N) is 1. The van der Waals surface area contributed by atoms with Gasteiger partial charge in [-0.2, -0.15) is 0 Å². The Bertz CT molecular complexity index is 561. The number of aliphatic hydroxyl groups excluding tert-OH is 2.